The Balaban J connectivity index is 2.41. The van der Waals surface area contributed by atoms with Crippen LogP contribution in [0.5, 0.6) is 0 Å². The van der Waals surface area contributed by atoms with Crippen LogP contribution in [0.2, 0.25) is 0 Å². The lowest BCUT2D eigenvalue weighted by Gasteiger charge is -2.14. The summed E-state index contributed by atoms with van der Waals surface area (Å²) in [4.78, 5) is 11.9. The maximum absolute atomic E-state index is 12.6. The number of benzene rings is 1. The molecule has 0 fully saturated rings. The van der Waals surface area contributed by atoms with Gasteiger partial charge in [0, 0.05) is 35.8 Å². The van der Waals surface area contributed by atoms with Crippen LogP contribution in [0.4, 0.5) is 13.2 Å². The Morgan fingerprint density at radius 2 is 1.82 bits per heavy atom. The fourth-order valence-corrected chi connectivity index (χ4v) is 2.15. The largest absolute Gasteiger partial charge is 0.416 e. The third kappa shape index (κ3) is 3.57. The number of nitrogens with zero attached hydrogens (tertiary/aromatic N) is 1. The Morgan fingerprint density at radius 3 is 2.36 bits per heavy atom. The summed E-state index contributed by atoms with van der Waals surface area (Å²) in [6.45, 7) is 4.84. The smallest absolute Gasteiger partial charge is 0.321 e. The molecule has 0 aliphatic carbocycles. The topological polar surface area (TPSA) is 34.0 Å². The van der Waals surface area contributed by atoms with Gasteiger partial charge < -0.3 is 9.88 Å². The molecule has 3 nitrogen and oxygen atoms in total. The minimum absolute atomic E-state index is 0.0818. The van der Waals surface area contributed by atoms with Gasteiger partial charge in [-0.1, -0.05) is 6.92 Å². The van der Waals surface area contributed by atoms with E-state index in [9.17, 15) is 18.0 Å². The molecule has 0 radical (unpaired) electrons. The molecule has 0 aliphatic rings. The Hall–Kier alpha value is -2.08. The van der Waals surface area contributed by atoms with Gasteiger partial charge in [0.15, 0.2) is 5.43 Å². The van der Waals surface area contributed by atoms with E-state index in [1.54, 1.807) is 17.7 Å². The van der Waals surface area contributed by atoms with E-state index in [1.165, 1.54) is 18.2 Å². The summed E-state index contributed by atoms with van der Waals surface area (Å²) in [5, 5.41) is 3.07. The second-order valence-electron chi connectivity index (χ2n) is 5.00. The lowest BCUT2D eigenvalue weighted by molar-refractivity contribution is -0.137. The van der Waals surface area contributed by atoms with E-state index in [0.29, 0.717) is 23.5 Å². The van der Waals surface area contributed by atoms with Crippen LogP contribution in [-0.4, -0.2) is 11.1 Å². The molecule has 1 N–H and O–H groups in total. The minimum Gasteiger partial charge on any atom is -0.321 e. The van der Waals surface area contributed by atoms with Gasteiger partial charge in [-0.05, 0) is 37.7 Å². The molecule has 6 heteroatoms. The molecule has 1 aromatic carbocycles. The lowest BCUT2D eigenvalue weighted by Crippen LogP contribution is -2.21. The van der Waals surface area contributed by atoms with Crippen LogP contribution in [0, 0.1) is 6.92 Å². The molecule has 0 bridgehead atoms. The molecule has 0 amide bonds. The first-order valence-electron chi connectivity index (χ1n) is 6.93. The minimum atomic E-state index is -4.35. The number of pyridine rings is 1. The summed E-state index contributed by atoms with van der Waals surface area (Å²) < 4.78 is 39.5. The van der Waals surface area contributed by atoms with Gasteiger partial charge in [-0.25, -0.2) is 0 Å². The number of rotatable bonds is 4. The quantitative estimate of drug-likeness (QED) is 0.940. The molecule has 22 heavy (non-hydrogen) atoms. The second-order valence-corrected chi connectivity index (χ2v) is 5.00. The summed E-state index contributed by atoms with van der Waals surface area (Å²) >= 11 is 0. The van der Waals surface area contributed by atoms with Crippen LogP contribution in [0.3, 0.4) is 0 Å². The first-order chi connectivity index (χ1) is 10.3. The van der Waals surface area contributed by atoms with Gasteiger partial charge in [0.1, 0.15) is 0 Å². The predicted molar refractivity (Wildman–Crippen MR) is 79.2 cm³/mol. The van der Waals surface area contributed by atoms with E-state index in [-0.39, 0.29) is 5.43 Å². The maximum atomic E-state index is 12.6. The van der Waals surface area contributed by atoms with E-state index < -0.39 is 11.7 Å². The Kier molecular flexibility index (Phi) is 4.71. The fraction of sp³-hybridized carbons (Fsp3) is 0.312. The Labute approximate surface area is 126 Å². The molecule has 2 aromatic rings. The van der Waals surface area contributed by atoms with E-state index >= 15 is 0 Å². The zero-order valence-corrected chi connectivity index (χ0v) is 12.4. The number of nitrogens with one attached hydrogen (secondary N) is 1. The van der Waals surface area contributed by atoms with Gasteiger partial charge in [0.25, 0.3) is 0 Å². The van der Waals surface area contributed by atoms with Gasteiger partial charge in [0.2, 0.25) is 0 Å². The molecule has 118 valence electrons. The number of hydrogen-bond donors (Lipinski definition) is 1. The molecular formula is C16H17F3N2O. The van der Waals surface area contributed by atoms with Crippen LogP contribution in [0.15, 0.2) is 41.3 Å². The second kappa shape index (κ2) is 6.36. The van der Waals surface area contributed by atoms with E-state index in [2.05, 4.69) is 5.32 Å². The molecule has 0 saturated carbocycles. The Bertz CT molecular complexity index is 703. The summed E-state index contributed by atoms with van der Waals surface area (Å²) in [7, 11) is 0. The lowest BCUT2D eigenvalue weighted by atomic mass is 10.1. The van der Waals surface area contributed by atoms with Crippen molar-refractivity contribution in [2.45, 2.75) is 26.6 Å². The van der Waals surface area contributed by atoms with Crippen molar-refractivity contribution in [3.8, 4) is 5.69 Å². The van der Waals surface area contributed by atoms with Crippen LogP contribution in [0.25, 0.3) is 5.69 Å². The van der Waals surface area contributed by atoms with Crippen molar-refractivity contribution in [3.63, 3.8) is 0 Å². The Morgan fingerprint density at radius 1 is 1.18 bits per heavy atom. The van der Waals surface area contributed by atoms with Crippen LogP contribution >= 0.6 is 0 Å². The number of halogens is 3. The fourth-order valence-electron chi connectivity index (χ4n) is 2.15. The van der Waals surface area contributed by atoms with Crippen molar-refractivity contribution >= 4 is 0 Å². The molecule has 1 aromatic heterocycles. The highest BCUT2D eigenvalue weighted by molar-refractivity contribution is 5.38. The SMILES string of the molecule is CCNCc1cn(-c2ccc(C(F)(F)F)cc2)c(C)cc1=O. The average Bonchev–Trinajstić information content (AvgIpc) is 2.46. The van der Waals surface area contributed by atoms with Crippen molar-refractivity contribution in [1.82, 2.24) is 9.88 Å². The highest BCUT2D eigenvalue weighted by atomic mass is 19.4. The molecule has 0 saturated heterocycles. The van der Waals surface area contributed by atoms with Gasteiger partial charge in [-0.15, -0.1) is 0 Å². The zero-order chi connectivity index (χ0) is 16.3. The van der Waals surface area contributed by atoms with E-state index in [4.69, 9.17) is 0 Å². The summed E-state index contributed by atoms with van der Waals surface area (Å²) in [5.74, 6) is 0. The third-order valence-electron chi connectivity index (χ3n) is 3.36. The number of hydrogen-bond acceptors (Lipinski definition) is 2. The number of aromatic nitrogens is 1. The molecule has 0 atom stereocenters. The monoisotopic (exact) mass is 310 g/mol. The predicted octanol–water partition coefficient (Wildman–Crippen LogP) is 3.27. The normalized spacial score (nSPS) is 11.7. The van der Waals surface area contributed by atoms with Crippen molar-refractivity contribution in [2.24, 2.45) is 0 Å². The van der Waals surface area contributed by atoms with Gasteiger partial charge in [-0.3, -0.25) is 4.79 Å². The summed E-state index contributed by atoms with van der Waals surface area (Å²) in [6.07, 6.45) is -2.68. The van der Waals surface area contributed by atoms with E-state index in [0.717, 1.165) is 18.7 Å². The first-order valence-corrected chi connectivity index (χ1v) is 6.93. The summed E-state index contributed by atoms with van der Waals surface area (Å²) in [5.41, 5.74) is 1.06. The van der Waals surface area contributed by atoms with E-state index in [1.807, 2.05) is 6.92 Å². The first kappa shape index (κ1) is 16.3. The molecular weight excluding hydrogens is 293 g/mol. The van der Waals surface area contributed by atoms with Crippen LogP contribution < -0.4 is 10.7 Å². The molecule has 2 rings (SSSR count). The third-order valence-corrected chi connectivity index (χ3v) is 3.36. The zero-order valence-electron chi connectivity index (χ0n) is 12.4. The van der Waals surface area contributed by atoms with Crippen LogP contribution in [-0.2, 0) is 12.7 Å². The van der Waals surface area contributed by atoms with Crippen LogP contribution in [0.1, 0.15) is 23.7 Å². The highest BCUT2D eigenvalue weighted by Gasteiger charge is 2.30. The molecule has 0 spiro atoms. The standard InChI is InChI=1S/C16H17F3N2O/c1-3-20-9-12-10-21(11(2)8-15(12)22)14-6-4-13(5-7-14)16(17,18)19/h4-8,10,20H,3,9H2,1-2H3. The van der Waals surface area contributed by atoms with Crippen molar-refractivity contribution < 1.29 is 13.2 Å². The molecule has 0 unspecified atom stereocenters. The average molecular weight is 310 g/mol. The number of alkyl halides is 3. The van der Waals surface area contributed by atoms with Gasteiger partial charge in [-0.2, -0.15) is 13.2 Å². The summed E-state index contributed by atoms with van der Waals surface area (Å²) in [6, 6.07) is 6.37. The van der Waals surface area contributed by atoms with Crippen molar-refractivity contribution in [3.05, 3.63) is 63.6 Å². The van der Waals surface area contributed by atoms with Crippen molar-refractivity contribution in [2.75, 3.05) is 6.54 Å². The molecule has 0 aliphatic heterocycles. The maximum Gasteiger partial charge on any atom is 0.416 e. The number of aryl methyl sites for hydroxylation is 1. The molecule has 1 heterocycles. The van der Waals surface area contributed by atoms with Crippen molar-refractivity contribution in [1.29, 1.82) is 0 Å². The van der Waals surface area contributed by atoms with Gasteiger partial charge >= 0.3 is 6.18 Å². The van der Waals surface area contributed by atoms with Gasteiger partial charge in [0.05, 0.1) is 5.56 Å². The highest BCUT2D eigenvalue weighted by Crippen LogP contribution is 2.29.